The number of ketones is 1. The molecule has 0 spiro atoms. The molecule has 0 aromatic rings. The lowest BCUT2D eigenvalue weighted by molar-refractivity contribution is -0.902. The van der Waals surface area contributed by atoms with E-state index in [4.69, 9.17) is 0 Å². The first-order valence-electron chi connectivity index (χ1n) is 4.10. The molecule has 2 heteroatoms. The lowest BCUT2D eigenvalue weighted by atomic mass is 9.99. The summed E-state index contributed by atoms with van der Waals surface area (Å²) in [6.45, 7) is 7.49. The largest absolute Gasteiger partial charge is 0.334 e. The van der Waals surface area contributed by atoms with Crippen LogP contribution in [0.25, 0.3) is 0 Å². The van der Waals surface area contributed by atoms with Crippen LogP contribution in [0.3, 0.4) is 0 Å². The minimum absolute atomic E-state index is 0.309. The van der Waals surface area contributed by atoms with E-state index in [2.05, 4.69) is 6.92 Å². The second-order valence-corrected chi connectivity index (χ2v) is 3.18. The van der Waals surface area contributed by atoms with Gasteiger partial charge in [-0.25, -0.2) is 0 Å². The Morgan fingerprint density at radius 3 is 2.90 bits per heavy atom. The Balaban J connectivity index is 2.40. The van der Waals surface area contributed by atoms with Gasteiger partial charge in [-0.05, 0) is 6.92 Å². The molecule has 0 amide bonds. The highest BCUT2D eigenvalue weighted by Gasteiger charge is 2.24. The predicted molar refractivity (Wildman–Crippen MR) is 40.0 cm³/mol. The topological polar surface area (TPSA) is 21.5 Å². The van der Waals surface area contributed by atoms with Crippen molar-refractivity contribution in [1.82, 2.24) is 0 Å². The van der Waals surface area contributed by atoms with Crippen molar-refractivity contribution in [2.45, 2.75) is 20.3 Å². The minimum atomic E-state index is 0.309. The van der Waals surface area contributed by atoms with Crippen molar-refractivity contribution in [3.63, 3.8) is 0 Å². The molecule has 2 atom stereocenters. The molecule has 1 N–H and O–H groups in total. The number of carbonyl (C=O) groups excluding carboxylic acids is 1. The summed E-state index contributed by atoms with van der Waals surface area (Å²) in [6, 6.07) is 0. The van der Waals surface area contributed by atoms with Crippen molar-refractivity contribution < 1.29 is 9.69 Å². The molecule has 1 aliphatic heterocycles. The Morgan fingerprint density at radius 2 is 2.40 bits per heavy atom. The number of hydrogen-bond acceptors (Lipinski definition) is 1. The Hall–Kier alpha value is -0.370. The van der Waals surface area contributed by atoms with Gasteiger partial charge in [0.2, 0.25) is 0 Å². The average Bonchev–Trinajstić information content (AvgIpc) is 1.95. The fourth-order valence-electron chi connectivity index (χ4n) is 1.52. The number of Topliss-reactive ketones (excluding diaryl/α,β-unsaturated/α-hetero) is 1. The van der Waals surface area contributed by atoms with E-state index in [0.717, 1.165) is 26.1 Å². The zero-order valence-corrected chi connectivity index (χ0v) is 6.81. The molecule has 2 nitrogen and oxygen atoms in total. The first-order chi connectivity index (χ1) is 4.74. The molecule has 0 bridgehead atoms. The molecule has 0 saturated carbocycles. The summed E-state index contributed by atoms with van der Waals surface area (Å²) >= 11 is 0. The molecule has 1 saturated heterocycles. The molecule has 0 radical (unpaired) electrons. The van der Waals surface area contributed by atoms with Crippen LogP contribution in [0.2, 0.25) is 0 Å². The van der Waals surface area contributed by atoms with E-state index in [1.807, 2.05) is 6.92 Å². The van der Waals surface area contributed by atoms with Gasteiger partial charge >= 0.3 is 0 Å². The summed E-state index contributed by atoms with van der Waals surface area (Å²) in [5.41, 5.74) is 0. The van der Waals surface area contributed by atoms with Gasteiger partial charge in [-0.3, -0.25) is 4.79 Å². The second kappa shape index (κ2) is 3.15. The zero-order chi connectivity index (χ0) is 7.56. The highest BCUT2D eigenvalue weighted by atomic mass is 16.1. The molecule has 1 unspecified atom stereocenters. The quantitative estimate of drug-likeness (QED) is 0.523. The van der Waals surface area contributed by atoms with Gasteiger partial charge in [0.1, 0.15) is 5.78 Å². The van der Waals surface area contributed by atoms with Gasteiger partial charge in [0.05, 0.1) is 32.0 Å². The number of quaternary nitrogens is 1. The van der Waals surface area contributed by atoms with Crippen LogP contribution in [0.15, 0.2) is 0 Å². The smallest absolute Gasteiger partial charge is 0.146 e. The Labute approximate surface area is 62.2 Å². The average molecular weight is 142 g/mol. The maximum Gasteiger partial charge on any atom is 0.146 e. The predicted octanol–water partition coefficient (Wildman–Crippen LogP) is -0.500. The van der Waals surface area contributed by atoms with Gasteiger partial charge in [0, 0.05) is 0 Å². The number of piperidine rings is 1. The molecule has 0 aromatic carbocycles. The number of carbonyl (C=O) groups is 1. The molecular weight excluding hydrogens is 126 g/mol. The van der Waals surface area contributed by atoms with Gasteiger partial charge in [-0.15, -0.1) is 0 Å². The van der Waals surface area contributed by atoms with Crippen molar-refractivity contribution in [2.24, 2.45) is 5.92 Å². The first kappa shape index (κ1) is 7.73. The molecule has 0 aliphatic carbocycles. The van der Waals surface area contributed by atoms with Crippen LogP contribution in [-0.2, 0) is 4.79 Å². The molecule has 1 fully saturated rings. The van der Waals surface area contributed by atoms with Crippen LogP contribution in [-0.4, -0.2) is 25.4 Å². The monoisotopic (exact) mass is 142 g/mol. The summed E-state index contributed by atoms with van der Waals surface area (Å²) in [5, 5.41) is 0. The van der Waals surface area contributed by atoms with Crippen molar-refractivity contribution in [2.75, 3.05) is 19.6 Å². The van der Waals surface area contributed by atoms with Crippen molar-refractivity contribution in [3.8, 4) is 0 Å². The summed E-state index contributed by atoms with van der Waals surface area (Å²) in [5.74, 6) is 0.765. The minimum Gasteiger partial charge on any atom is -0.334 e. The van der Waals surface area contributed by atoms with E-state index >= 15 is 0 Å². The van der Waals surface area contributed by atoms with Crippen LogP contribution in [0.5, 0.6) is 0 Å². The highest BCUT2D eigenvalue weighted by Crippen LogP contribution is 1.99. The third-order valence-electron chi connectivity index (χ3n) is 2.37. The summed E-state index contributed by atoms with van der Waals surface area (Å²) < 4.78 is 0. The van der Waals surface area contributed by atoms with E-state index < -0.39 is 0 Å². The summed E-state index contributed by atoms with van der Waals surface area (Å²) in [4.78, 5) is 12.6. The summed E-state index contributed by atoms with van der Waals surface area (Å²) in [6.07, 6.45) is 0.796. The fourth-order valence-corrected chi connectivity index (χ4v) is 1.52. The molecular formula is C8H16NO+. The second-order valence-electron chi connectivity index (χ2n) is 3.18. The number of nitrogens with one attached hydrogen (secondary N) is 1. The Bertz CT molecular complexity index is 133. The van der Waals surface area contributed by atoms with Gasteiger partial charge in [0.15, 0.2) is 0 Å². The van der Waals surface area contributed by atoms with E-state index in [9.17, 15) is 4.79 Å². The van der Waals surface area contributed by atoms with Gasteiger partial charge in [0.25, 0.3) is 0 Å². The molecule has 1 heterocycles. The third kappa shape index (κ3) is 1.57. The van der Waals surface area contributed by atoms with Gasteiger partial charge < -0.3 is 4.90 Å². The zero-order valence-electron chi connectivity index (χ0n) is 6.81. The summed E-state index contributed by atoms with van der Waals surface area (Å²) in [7, 11) is 0. The fraction of sp³-hybridized carbons (Fsp3) is 0.875. The molecule has 1 rings (SSSR count). The standard InChI is InChI=1S/C8H15NO/c1-3-9-5-4-8(10)7(2)6-9/h7H,3-6H2,1-2H3/p+1/t7-/m0/s1. The number of hydrogen-bond donors (Lipinski definition) is 1. The van der Waals surface area contributed by atoms with Gasteiger partial charge in [-0.2, -0.15) is 0 Å². The Morgan fingerprint density at radius 1 is 1.70 bits per heavy atom. The van der Waals surface area contributed by atoms with E-state index in [0.29, 0.717) is 11.7 Å². The maximum absolute atomic E-state index is 11.0. The van der Waals surface area contributed by atoms with Crippen LogP contribution in [0.4, 0.5) is 0 Å². The van der Waals surface area contributed by atoms with Crippen LogP contribution in [0.1, 0.15) is 20.3 Å². The van der Waals surface area contributed by atoms with Crippen molar-refractivity contribution >= 4 is 5.78 Å². The van der Waals surface area contributed by atoms with E-state index in [-0.39, 0.29) is 0 Å². The number of likely N-dealkylation sites (tertiary alicyclic amines) is 1. The Kier molecular flexibility index (Phi) is 2.44. The van der Waals surface area contributed by atoms with Crippen LogP contribution < -0.4 is 4.90 Å². The lowest BCUT2D eigenvalue weighted by Gasteiger charge is -2.25. The normalized spacial score (nSPS) is 34.4. The maximum atomic E-state index is 11.0. The van der Waals surface area contributed by atoms with Crippen LogP contribution >= 0.6 is 0 Å². The highest BCUT2D eigenvalue weighted by molar-refractivity contribution is 5.81. The molecule has 10 heavy (non-hydrogen) atoms. The van der Waals surface area contributed by atoms with Crippen molar-refractivity contribution in [3.05, 3.63) is 0 Å². The first-order valence-corrected chi connectivity index (χ1v) is 4.10. The SMILES string of the molecule is CC[NH+]1CCC(=O)[C@@H](C)C1. The van der Waals surface area contributed by atoms with Crippen molar-refractivity contribution in [1.29, 1.82) is 0 Å². The molecule has 0 aromatic heterocycles. The van der Waals surface area contributed by atoms with E-state index in [1.54, 1.807) is 4.90 Å². The molecule has 1 aliphatic rings. The third-order valence-corrected chi connectivity index (χ3v) is 2.37. The lowest BCUT2D eigenvalue weighted by Crippen LogP contribution is -3.13. The van der Waals surface area contributed by atoms with Gasteiger partial charge in [-0.1, -0.05) is 6.92 Å². The number of rotatable bonds is 1. The van der Waals surface area contributed by atoms with Crippen LogP contribution in [0, 0.1) is 5.92 Å². The van der Waals surface area contributed by atoms with E-state index in [1.165, 1.54) is 0 Å². The molecule has 58 valence electrons.